The quantitative estimate of drug-likeness (QED) is 0.728. The second-order valence-corrected chi connectivity index (χ2v) is 9.09. The number of amides is 3. The minimum absolute atomic E-state index is 0.184. The predicted octanol–water partition coefficient (Wildman–Crippen LogP) is 3.35. The normalized spacial score (nSPS) is 22.9. The van der Waals surface area contributed by atoms with Crippen molar-refractivity contribution in [1.29, 1.82) is 0 Å². The number of piperazine rings is 1. The smallest absolute Gasteiger partial charge is 0.319 e. The average Bonchev–Trinajstić information content (AvgIpc) is 3.00. The Morgan fingerprint density at radius 3 is 2.13 bits per heavy atom. The molecule has 0 radical (unpaired) electrons. The van der Waals surface area contributed by atoms with Crippen LogP contribution in [0.15, 0.2) is 54.6 Å². The van der Waals surface area contributed by atoms with Crippen molar-refractivity contribution >= 4 is 11.9 Å². The molecule has 0 spiro atoms. The molecule has 2 aromatic rings. The van der Waals surface area contributed by atoms with Crippen molar-refractivity contribution in [3.8, 4) is 0 Å². The molecule has 0 unspecified atom stereocenters. The van der Waals surface area contributed by atoms with Gasteiger partial charge in [0.2, 0.25) is 0 Å². The van der Waals surface area contributed by atoms with E-state index in [0.29, 0.717) is 12.6 Å². The molecule has 2 saturated heterocycles. The Bertz CT molecular complexity index is 920. The molecule has 2 heterocycles. The number of benzene rings is 2. The Hall–Kier alpha value is -2.70. The summed E-state index contributed by atoms with van der Waals surface area (Å²) in [7, 11) is 0. The van der Waals surface area contributed by atoms with E-state index in [-0.39, 0.29) is 11.9 Å². The molecule has 31 heavy (non-hydrogen) atoms. The molecule has 1 atom stereocenters. The summed E-state index contributed by atoms with van der Waals surface area (Å²) in [5.41, 5.74) is 2.50. The summed E-state index contributed by atoms with van der Waals surface area (Å²) >= 11 is 0. The van der Waals surface area contributed by atoms with Crippen LogP contribution < -0.4 is 5.32 Å². The molecule has 3 amide bonds. The van der Waals surface area contributed by atoms with Crippen LogP contribution in [0.5, 0.6) is 0 Å². The molecule has 1 N–H and O–H groups in total. The van der Waals surface area contributed by atoms with E-state index in [1.54, 1.807) is 6.92 Å². The highest BCUT2D eigenvalue weighted by Crippen LogP contribution is 2.28. The molecule has 2 aliphatic heterocycles. The number of hydrogen-bond donors (Lipinski definition) is 1. The summed E-state index contributed by atoms with van der Waals surface area (Å²) in [6.45, 7) is 11.0. The molecule has 2 aliphatic rings. The molecule has 164 valence electrons. The Morgan fingerprint density at radius 1 is 0.903 bits per heavy atom. The van der Waals surface area contributed by atoms with Gasteiger partial charge in [0.25, 0.3) is 5.91 Å². The van der Waals surface area contributed by atoms with E-state index < -0.39 is 5.54 Å². The van der Waals surface area contributed by atoms with Crippen LogP contribution in [0.25, 0.3) is 0 Å². The number of nitrogens with one attached hydrogen (secondary N) is 1. The van der Waals surface area contributed by atoms with Crippen LogP contribution in [0, 0.1) is 0 Å². The molecule has 4 rings (SSSR count). The zero-order chi connectivity index (χ0) is 22.0. The third kappa shape index (κ3) is 4.50. The van der Waals surface area contributed by atoms with Gasteiger partial charge < -0.3 is 5.32 Å². The maximum Gasteiger partial charge on any atom is 0.326 e. The van der Waals surface area contributed by atoms with Gasteiger partial charge in [-0.3, -0.25) is 14.6 Å². The second-order valence-electron chi connectivity index (χ2n) is 9.09. The second kappa shape index (κ2) is 8.81. The van der Waals surface area contributed by atoms with E-state index >= 15 is 0 Å². The standard InChI is InChI=1S/C25H32N4O2/c1-19(2)21-11-9-20(10-12-21)17-27-13-15-28(16-14-27)18-29-23(30)25(3,26-24(29)31)22-7-5-4-6-8-22/h4-12,19H,13-18H2,1-3H3,(H,26,31)/t25-/m0/s1. The number of imide groups is 1. The zero-order valence-corrected chi connectivity index (χ0v) is 18.7. The Kier molecular flexibility index (Phi) is 6.12. The Balaban J connectivity index is 1.31. The minimum Gasteiger partial charge on any atom is -0.319 e. The number of nitrogens with zero attached hydrogens (tertiary/aromatic N) is 3. The summed E-state index contributed by atoms with van der Waals surface area (Å²) in [6.07, 6.45) is 0. The summed E-state index contributed by atoms with van der Waals surface area (Å²) in [5.74, 6) is 0.364. The molecule has 0 aromatic heterocycles. The summed E-state index contributed by atoms with van der Waals surface area (Å²) in [5, 5.41) is 2.89. The van der Waals surface area contributed by atoms with Gasteiger partial charge in [0.1, 0.15) is 5.54 Å². The Morgan fingerprint density at radius 2 is 1.52 bits per heavy atom. The van der Waals surface area contributed by atoms with Crippen molar-refractivity contribution < 1.29 is 9.59 Å². The number of rotatable bonds is 6. The van der Waals surface area contributed by atoms with Crippen molar-refractivity contribution in [3.63, 3.8) is 0 Å². The third-order valence-electron chi connectivity index (χ3n) is 6.49. The first-order valence-corrected chi connectivity index (χ1v) is 11.1. The van der Waals surface area contributed by atoms with Crippen molar-refractivity contribution in [2.75, 3.05) is 32.8 Å². The fourth-order valence-corrected chi connectivity index (χ4v) is 4.35. The first-order chi connectivity index (χ1) is 14.9. The largest absolute Gasteiger partial charge is 0.326 e. The number of urea groups is 1. The maximum atomic E-state index is 13.1. The number of carbonyl (C=O) groups is 2. The number of hydrogen-bond acceptors (Lipinski definition) is 4. The van der Waals surface area contributed by atoms with Gasteiger partial charge in [0.15, 0.2) is 0 Å². The highest BCUT2D eigenvalue weighted by molar-refractivity contribution is 6.07. The molecule has 0 aliphatic carbocycles. The van der Waals surface area contributed by atoms with E-state index in [0.717, 1.165) is 38.3 Å². The van der Waals surface area contributed by atoms with Gasteiger partial charge in [-0.25, -0.2) is 9.69 Å². The molecule has 0 bridgehead atoms. The number of carbonyl (C=O) groups excluding carboxylic acids is 2. The molecule has 6 nitrogen and oxygen atoms in total. The lowest BCUT2D eigenvalue weighted by Gasteiger charge is -2.36. The van der Waals surface area contributed by atoms with Gasteiger partial charge in [-0.15, -0.1) is 0 Å². The zero-order valence-electron chi connectivity index (χ0n) is 18.7. The topological polar surface area (TPSA) is 55.9 Å². The van der Waals surface area contributed by atoms with Crippen molar-refractivity contribution in [3.05, 3.63) is 71.3 Å². The van der Waals surface area contributed by atoms with Crippen molar-refractivity contribution in [2.45, 2.75) is 38.8 Å². The first kappa shape index (κ1) is 21.5. The third-order valence-corrected chi connectivity index (χ3v) is 6.49. The van der Waals surface area contributed by atoms with Gasteiger partial charge in [0, 0.05) is 32.7 Å². The van der Waals surface area contributed by atoms with Crippen LogP contribution in [0.2, 0.25) is 0 Å². The maximum absolute atomic E-state index is 13.1. The lowest BCUT2D eigenvalue weighted by molar-refractivity contribution is -0.132. The van der Waals surface area contributed by atoms with Crippen molar-refractivity contribution in [1.82, 2.24) is 20.0 Å². The molecule has 0 saturated carbocycles. The van der Waals surface area contributed by atoms with E-state index in [4.69, 9.17) is 0 Å². The Labute approximate surface area is 184 Å². The molecular formula is C25H32N4O2. The highest BCUT2D eigenvalue weighted by atomic mass is 16.2. The van der Waals surface area contributed by atoms with Gasteiger partial charge in [0.05, 0.1) is 6.67 Å². The molecular weight excluding hydrogens is 388 g/mol. The van der Waals surface area contributed by atoms with Crippen LogP contribution in [-0.4, -0.2) is 59.5 Å². The lowest BCUT2D eigenvalue weighted by atomic mass is 9.92. The van der Waals surface area contributed by atoms with Crippen molar-refractivity contribution in [2.24, 2.45) is 0 Å². The van der Waals surface area contributed by atoms with Crippen LogP contribution in [0.4, 0.5) is 4.79 Å². The fourth-order valence-electron chi connectivity index (χ4n) is 4.35. The van der Waals surface area contributed by atoms with E-state index in [2.05, 4.69) is 53.2 Å². The molecule has 2 aromatic carbocycles. The average molecular weight is 421 g/mol. The van der Waals surface area contributed by atoms with Crippen LogP contribution in [0.1, 0.15) is 43.4 Å². The van der Waals surface area contributed by atoms with Gasteiger partial charge in [-0.1, -0.05) is 68.4 Å². The van der Waals surface area contributed by atoms with Crippen LogP contribution in [-0.2, 0) is 16.9 Å². The SMILES string of the molecule is CC(C)c1ccc(CN2CCN(CN3C(=O)N[C@@](C)(c4ccccc4)C3=O)CC2)cc1. The minimum atomic E-state index is -0.998. The van der Waals surface area contributed by atoms with E-state index in [1.165, 1.54) is 16.0 Å². The fraction of sp³-hybridized carbons (Fsp3) is 0.440. The molecule has 2 fully saturated rings. The van der Waals surface area contributed by atoms with E-state index in [1.807, 2.05) is 30.3 Å². The summed E-state index contributed by atoms with van der Waals surface area (Å²) in [4.78, 5) is 31.7. The summed E-state index contributed by atoms with van der Waals surface area (Å²) in [6, 6.07) is 18.0. The summed E-state index contributed by atoms with van der Waals surface area (Å²) < 4.78 is 0. The van der Waals surface area contributed by atoms with Gasteiger partial charge >= 0.3 is 6.03 Å². The van der Waals surface area contributed by atoms with E-state index in [9.17, 15) is 9.59 Å². The van der Waals surface area contributed by atoms with Crippen LogP contribution >= 0.6 is 0 Å². The van der Waals surface area contributed by atoms with Crippen LogP contribution in [0.3, 0.4) is 0 Å². The predicted molar refractivity (Wildman–Crippen MR) is 121 cm³/mol. The molecule has 6 heteroatoms. The lowest BCUT2D eigenvalue weighted by Crippen LogP contribution is -2.51. The van der Waals surface area contributed by atoms with Gasteiger partial charge in [-0.05, 0) is 29.5 Å². The van der Waals surface area contributed by atoms with Gasteiger partial charge in [-0.2, -0.15) is 0 Å². The monoisotopic (exact) mass is 420 g/mol. The highest BCUT2D eigenvalue weighted by Gasteiger charge is 2.49. The first-order valence-electron chi connectivity index (χ1n) is 11.1.